The van der Waals surface area contributed by atoms with Crippen LogP contribution in [-0.4, -0.2) is 33.6 Å². The molecule has 1 rings (SSSR count). The van der Waals surface area contributed by atoms with Gasteiger partial charge >= 0.3 is 0 Å². The number of aromatic nitrogens is 2. The van der Waals surface area contributed by atoms with Gasteiger partial charge in [0, 0.05) is 18.8 Å². The van der Waals surface area contributed by atoms with Gasteiger partial charge in [-0.1, -0.05) is 25.4 Å². The van der Waals surface area contributed by atoms with Gasteiger partial charge in [-0.3, -0.25) is 0 Å². The highest BCUT2D eigenvalue weighted by molar-refractivity contribution is 5.95. The molecular weight excluding hydrogens is 242 g/mol. The summed E-state index contributed by atoms with van der Waals surface area (Å²) in [6, 6.07) is 1.99. The molecule has 0 aliphatic rings. The van der Waals surface area contributed by atoms with E-state index in [0.29, 0.717) is 17.7 Å². The Morgan fingerprint density at radius 3 is 2.84 bits per heavy atom. The van der Waals surface area contributed by atoms with E-state index in [1.807, 2.05) is 0 Å². The van der Waals surface area contributed by atoms with Crippen LogP contribution in [0.25, 0.3) is 0 Å². The van der Waals surface area contributed by atoms with Crippen molar-refractivity contribution < 1.29 is 5.21 Å². The molecule has 0 fully saturated rings. The SMILES string of the molecule is CCCCN(c1nccc(/C(N)=N/O)n1)C(C)CC. The summed E-state index contributed by atoms with van der Waals surface area (Å²) in [5.41, 5.74) is 6.01. The van der Waals surface area contributed by atoms with Crippen molar-refractivity contribution in [3.63, 3.8) is 0 Å². The predicted molar refractivity (Wildman–Crippen MR) is 76.5 cm³/mol. The highest BCUT2D eigenvalue weighted by atomic mass is 16.4. The molecule has 0 aromatic carbocycles. The van der Waals surface area contributed by atoms with Crippen LogP contribution in [0.5, 0.6) is 0 Å². The van der Waals surface area contributed by atoms with Gasteiger partial charge in [0.1, 0.15) is 5.69 Å². The fraction of sp³-hybridized carbons (Fsp3) is 0.615. The van der Waals surface area contributed by atoms with Gasteiger partial charge in [0.25, 0.3) is 0 Å². The minimum Gasteiger partial charge on any atom is -0.409 e. The number of nitrogens with two attached hydrogens (primary N) is 1. The molecule has 0 saturated carbocycles. The summed E-state index contributed by atoms with van der Waals surface area (Å²) in [5.74, 6) is 0.634. The fourth-order valence-electron chi connectivity index (χ4n) is 1.75. The average Bonchev–Trinajstić information content (AvgIpc) is 2.46. The minimum atomic E-state index is 0.00300. The number of hydrogen-bond acceptors (Lipinski definition) is 5. The molecule has 3 N–H and O–H groups in total. The van der Waals surface area contributed by atoms with Crippen LogP contribution in [0.15, 0.2) is 17.4 Å². The molecule has 1 atom stereocenters. The summed E-state index contributed by atoms with van der Waals surface area (Å²) in [4.78, 5) is 10.8. The van der Waals surface area contributed by atoms with E-state index in [-0.39, 0.29) is 5.84 Å². The molecule has 6 nitrogen and oxygen atoms in total. The van der Waals surface area contributed by atoms with E-state index in [1.165, 1.54) is 0 Å². The highest BCUT2D eigenvalue weighted by Crippen LogP contribution is 2.14. The number of anilines is 1. The van der Waals surface area contributed by atoms with Crippen LogP contribution in [0.4, 0.5) is 5.95 Å². The molecular formula is C13H23N5O. The Labute approximate surface area is 114 Å². The number of unbranched alkanes of at least 4 members (excludes halogenated alkanes) is 1. The van der Waals surface area contributed by atoms with Gasteiger partial charge in [-0.2, -0.15) is 0 Å². The third kappa shape index (κ3) is 4.08. The summed E-state index contributed by atoms with van der Waals surface area (Å²) in [7, 11) is 0. The summed E-state index contributed by atoms with van der Waals surface area (Å²) in [6.07, 6.45) is 4.85. The van der Waals surface area contributed by atoms with Crippen molar-refractivity contribution in [1.29, 1.82) is 0 Å². The molecule has 1 unspecified atom stereocenters. The first kappa shape index (κ1) is 15.2. The molecule has 0 amide bonds. The van der Waals surface area contributed by atoms with Crippen LogP contribution >= 0.6 is 0 Å². The zero-order valence-electron chi connectivity index (χ0n) is 11.9. The van der Waals surface area contributed by atoms with E-state index in [9.17, 15) is 0 Å². The third-order valence-corrected chi connectivity index (χ3v) is 3.15. The first-order valence-corrected chi connectivity index (χ1v) is 6.71. The summed E-state index contributed by atoms with van der Waals surface area (Å²) >= 11 is 0. The predicted octanol–water partition coefficient (Wildman–Crippen LogP) is 1.98. The van der Waals surface area contributed by atoms with E-state index < -0.39 is 0 Å². The number of amidine groups is 1. The quantitative estimate of drug-likeness (QED) is 0.340. The summed E-state index contributed by atoms with van der Waals surface area (Å²) in [5, 5.41) is 11.7. The Morgan fingerprint density at radius 1 is 1.53 bits per heavy atom. The first-order chi connectivity index (χ1) is 9.13. The molecule has 0 aliphatic heterocycles. The fourth-order valence-corrected chi connectivity index (χ4v) is 1.75. The monoisotopic (exact) mass is 265 g/mol. The van der Waals surface area contributed by atoms with E-state index in [2.05, 4.69) is 40.8 Å². The maximum atomic E-state index is 8.70. The second-order valence-corrected chi connectivity index (χ2v) is 4.53. The Hall–Kier alpha value is -1.85. The molecule has 1 aromatic rings. The van der Waals surface area contributed by atoms with Crippen LogP contribution in [0.1, 0.15) is 45.7 Å². The lowest BCUT2D eigenvalue weighted by Gasteiger charge is -2.28. The molecule has 1 heterocycles. The van der Waals surface area contributed by atoms with E-state index in [1.54, 1.807) is 12.3 Å². The number of hydrogen-bond donors (Lipinski definition) is 2. The molecule has 19 heavy (non-hydrogen) atoms. The van der Waals surface area contributed by atoms with Crippen molar-refractivity contribution in [2.45, 2.75) is 46.1 Å². The van der Waals surface area contributed by atoms with E-state index in [4.69, 9.17) is 10.9 Å². The van der Waals surface area contributed by atoms with Gasteiger partial charge in [0.05, 0.1) is 0 Å². The van der Waals surface area contributed by atoms with Crippen molar-refractivity contribution in [1.82, 2.24) is 9.97 Å². The Balaban J connectivity index is 3.01. The molecule has 6 heteroatoms. The van der Waals surface area contributed by atoms with Gasteiger partial charge in [-0.05, 0) is 25.8 Å². The number of nitrogens with zero attached hydrogens (tertiary/aromatic N) is 4. The Bertz CT molecular complexity index is 421. The largest absolute Gasteiger partial charge is 0.409 e. The normalized spacial score (nSPS) is 13.3. The second kappa shape index (κ2) is 7.56. The van der Waals surface area contributed by atoms with Crippen LogP contribution in [-0.2, 0) is 0 Å². The molecule has 0 bridgehead atoms. The van der Waals surface area contributed by atoms with Crippen molar-refractivity contribution >= 4 is 11.8 Å². The molecule has 0 spiro atoms. The van der Waals surface area contributed by atoms with Crippen molar-refractivity contribution in [2.75, 3.05) is 11.4 Å². The van der Waals surface area contributed by atoms with Crippen molar-refractivity contribution in [2.24, 2.45) is 10.9 Å². The highest BCUT2D eigenvalue weighted by Gasteiger charge is 2.16. The zero-order chi connectivity index (χ0) is 14.3. The van der Waals surface area contributed by atoms with Crippen molar-refractivity contribution in [3.05, 3.63) is 18.0 Å². The molecule has 0 aliphatic carbocycles. The van der Waals surface area contributed by atoms with E-state index >= 15 is 0 Å². The van der Waals surface area contributed by atoms with Crippen molar-refractivity contribution in [3.8, 4) is 0 Å². The lowest BCUT2D eigenvalue weighted by molar-refractivity contribution is 0.318. The standard InChI is InChI=1S/C13H23N5O/c1-4-6-9-18(10(3)5-2)13-15-8-7-11(16-13)12(14)17-19/h7-8,10,19H,4-6,9H2,1-3H3,(H2,14,17). The van der Waals surface area contributed by atoms with Gasteiger partial charge in [-0.15, -0.1) is 0 Å². The molecule has 0 saturated heterocycles. The maximum Gasteiger partial charge on any atom is 0.226 e. The van der Waals surface area contributed by atoms with Gasteiger partial charge in [-0.25, -0.2) is 9.97 Å². The average molecular weight is 265 g/mol. The lowest BCUT2D eigenvalue weighted by Crippen LogP contribution is -2.35. The molecule has 1 aromatic heterocycles. The molecule has 0 radical (unpaired) electrons. The topological polar surface area (TPSA) is 87.6 Å². The second-order valence-electron chi connectivity index (χ2n) is 4.53. The van der Waals surface area contributed by atoms with Crippen LogP contribution in [0.3, 0.4) is 0 Å². The third-order valence-electron chi connectivity index (χ3n) is 3.15. The van der Waals surface area contributed by atoms with Gasteiger partial charge in [0.15, 0.2) is 5.84 Å². The minimum absolute atomic E-state index is 0.00300. The zero-order valence-corrected chi connectivity index (χ0v) is 11.9. The lowest BCUT2D eigenvalue weighted by atomic mass is 10.2. The van der Waals surface area contributed by atoms with Crippen LogP contribution < -0.4 is 10.6 Å². The van der Waals surface area contributed by atoms with E-state index in [0.717, 1.165) is 25.8 Å². The van der Waals surface area contributed by atoms with Gasteiger partial charge < -0.3 is 15.8 Å². The smallest absolute Gasteiger partial charge is 0.226 e. The van der Waals surface area contributed by atoms with Crippen LogP contribution in [0.2, 0.25) is 0 Å². The number of oxime groups is 1. The Morgan fingerprint density at radius 2 is 2.26 bits per heavy atom. The summed E-state index contributed by atoms with van der Waals surface area (Å²) in [6.45, 7) is 7.35. The maximum absolute atomic E-state index is 8.70. The first-order valence-electron chi connectivity index (χ1n) is 6.71. The molecule has 106 valence electrons. The Kier molecular flexibility index (Phi) is 6.05. The number of rotatable bonds is 7. The summed E-state index contributed by atoms with van der Waals surface area (Å²) < 4.78 is 0. The van der Waals surface area contributed by atoms with Crippen LogP contribution in [0, 0.1) is 0 Å². The van der Waals surface area contributed by atoms with Gasteiger partial charge in [0.2, 0.25) is 5.95 Å².